The van der Waals surface area contributed by atoms with E-state index in [1.165, 1.54) is 0 Å². The maximum atomic E-state index is 9.31. The van der Waals surface area contributed by atoms with Gasteiger partial charge in [-0.2, -0.15) is 0 Å². The van der Waals surface area contributed by atoms with Gasteiger partial charge in [-0.3, -0.25) is 4.79 Å². The van der Waals surface area contributed by atoms with Crippen LogP contribution in [-0.2, 0) is 37.5 Å². The molecule has 0 aliphatic rings. The number of carboxylic acid groups (broad SMARTS) is 1. The number of carbonyl (C=O) groups is 1. The standard InChI is InChI=1S/C3H5O2.CH3.Y/c1-2-3(4)5;;/h1-2H2,(H,4,5);1H3;/q2*-1;. The van der Waals surface area contributed by atoms with E-state index in [9.17, 15) is 4.79 Å². The first kappa shape index (κ1) is 15.6. The van der Waals surface area contributed by atoms with Crippen LogP contribution in [-0.4, -0.2) is 11.1 Å². The maximum absolute atomic E-state index is 9.31. The van der Waals surface area contributed by atoms with Gasteiger partial charge in [-0.05, 0) is 0 Å². The predicted octanol–water partition coefficient (Wildman–Crippen LogP) is 0.743. The minimum atomic E-state index is -0.856. The van der Waals surface area contributed by atoms with Crippen LogP contribution in [0.4, 0.5) is 0 Å². The average molecular weight is 177 g/mol. The minimum absolute atomic E-state index is 0. The van der Waals surface area contributed by atoms with Gasteiger partial charge in [0.05, 0.1) is 0 Å². The Morgan fingerprint density at radius 1 is 1.71 bits per heavy atom. The molecule has 0 saturated carbocycles. The molecule has 0 aromatic carbocycles. The second-order valence-electron chi connectivity index (χ2n) is 0.644. The zero-order chi connectivity index (χ0) is 4.28. The van der Waals surface area contributed by atoms with Gasteiger partial charge in [-0.25, -0.2) is 0 Å². The van der Waals surface area contributed by atoms with Gasteiger partial charge in [0, 0.05) is 32.7 Å². The molecule has 0 spiro atoms. The third-order valence-corrected chi connectivity index (χ3v) is 0.214. The third kappa shape index (κ3) is 20.8. The Balaban J connectivity index is -0.0000000800. The summed E-state index contributed by atoms with van der Waals surface area (Å²) in [7, 11) is 0. The molecule has 1 N–H and O–H groups in total. The van der Waals surface area contributed by atoms with Gasteiger partial charge in [0.15, 0.2) is 0 Å². The number of aliphatic carboxylic acids is 1. The van der Waals surface area contributed by atoms with E-state index in [2.05, 4.69) is 6.92 Å². The van der Waals surface area contributed by atoms with Crippen molar-refractivity contribution in [3.63, 3.8) is 0 Å². The summed E-state index contributed by atoms with van der Waals surface area (Å²) in [6, 6.07) is 0. The van der Waals surface area contributed by atoms with Gasteiger partial charge in [0.25, 0.3) is 5.97 Å². The van der Waals surface area contributed by atoms with Crippen molar-refractivity contribution in [2.75, 3.05) is 0 Å². The molecule has 0 aliphatic heterocycles. The maximum Gasteiger partial charge on any atom is 0.272 e. The first-order valence-corrected chi connectivity index (χ1v) is 1.28. The van der Waals surface area contributed by atoms with Crippen molar-refractivity contribution in [3.8, 4) is 0 Å². The molecule has 2 nitrogen and oxygen atoms in total. The number of hydrogen-bond acceptors (Lipinski definition) is 1. The summed E-state index contributed by atoms with van der Waals surface area (Å²) in [4.78, 5) is 9.31. The summed E-state index contributed by atoms with van der Waals surface area (Å²) in [5.41, 5.74) is 0. The van der Waals surface area contributed by atoms with Crippen LogP contribution < -0.4 is 0 Å². The molecule has 0 amide bonds. The van der Waals surface area contributed by atoms with Gasteiger partial charge in [0.2, 0.25) is 0 Å². The Morgan fingerprint density at radius 3 is 1.86 bits per heavy atom. The summed E-state index contributed by atoms with van der Waals surface area (Å²) < 4.78 is 0. The van der Waals surface area contributed by atoms with Crippen LogP contribution in [0.2, 0.25) is 0 Å². The van der Waals surface area contributed by atoms with Crippen molar-refractivity contribution in [2.24, 2.45) is 0 Å². The van der Waals surface area contributed by atoms with E-state index < -0.39 is 5.97 Å². The Hall–Kier alpha value is 0.574. The van der Waals surface area contributed by atoms with Crippen LogP contribution in [0.5, 0.6) is 0 Å². The first-order valence-electron chi connectivity index (χ1n) is 1.28. The molecular weight excluding hydrogens is 169 g/mol. The number of carboxylic acids is 1. The van der Waals surface area contributed by atoms with E-state index in [4.69, 9.17) is 5.11 Å². The quantitative estimate of drug-likeness (QED) is 0.599. The predicted molar refractivity (Wildman–Crippen MR) is 24.0 cm³/mol. The molecule has 1 radical (unpaired) electrons. The average Bonchev–Trinajstić information content (AvgIpc) is 1.38. The van der Waals surface area contributed by atoms with Crippen LogP contribution in [0.25, 0.3) is 0 Å². The smallest absolute Gasteiger partial charge is 0.272 e. The Bertz CT molecular complexity index is 45.0. The van der Waals surface area contributed by atoms with Crippen molar-refractivity contribution in [1.29, 1.82) is 0 Å². The van der Waals surface area contributed by atoms with Crippen molar-refractivity contribution in [1.82, 2.24) is 0 Å². The van der Waals surface area contributed by atoms with Gasteiger partial charge in [0.1, 0.15) is 0 Å². The molecule has 0 saturated heterocycles. The Labute approximate surface area is 69.2 Å². The molecule has 0 aromatic rings. The van der Waals surface area contributed by atoms with Crippen molar-refractivity contribution in [2.45, 2.75) is 6.42 Å². The number of hydrogen-bond donors (Lipinski definition) is 1. The molecule has 0 rings (SSSR count). The Morgan fingerprint density at radius 2 is 1.86 bits per heavy atom. The molecule has 0 bridgehead atoms. The first-order chi connectivity index (χ1) is 2.27. The normalized spacial score (nSPS) is 5.29. The minimum Gasteiger partial charge on any atom is -0.483 e. The van der Waals surface area contributed by atoms with E-state index in [0.29, 0.717) is 0 Å². The van der Waals surface area contributed by atoms with E-state index in [-0.39, 0.29) is 46.6 Å². The van der Waals surface area contributed by atoms with E-state index in [1.807, 2.05) is 0 Å². The fourth-order valence-electron chi connectivity index (χ4n) is 0. The second kappa shape index (κ2) is 9.76. The molecule has 0 aromatic heterocycles. The van der Waals surface area contributed by atoms with Crippen LogP contribution in [0, 0.1) is 14.4 Å². The van der Waals surface area contributed by atoms with Crippen LogP contribution in [0.3, 0.4) is 0 Å². The zero-order valence-electron chi connectivity index (χ0n) is 4.35. The molecule has 0 heterocycles. The Kier molecular flexibility index (Phi) is 21.8. The summed E-state index contributed by atoms with van der Waals surface area (Å²) in [5, 5.41) is 7.66. The fraction of sp³-hybridized carbons (Fsp3) is 0.250. The molecular formula is C4H8O2Y-2. The largest absolute Gasteiger partial charge is 0.483 e. The molecule has 3 heteroatoms. The number of rotatable bonds is 1. The van der Waals surface area contributed by atoms with Crippen LogP contribution in [0.1, 0.15) is 6.42 Å². The van der Waals surface area contributed by atoms with E-state index in [1.54, 1.807) is 0 Å². The monoisotopic (exact) mass is 177 g/mol. The molecule has 0 fully saturated rings. The SMILES string of the molecule is [CH2-]CC(=O)O.[CH3-].[Y]. The van der Waals surface area contributed by atoms with Gasteiger partial charge < -0.3 is 19.5 Å². The van der Waals surface area contributed by atoms with Gasteiger partial charge >= 0.3 is 0 Å². The summed E-state index contributed by atoms with van der Waals surface area (Å²) in [5.74, 6) is -0.856. The summed E-state index contributed by atoms with van der Waals surface area (Å²) >= 11 is 0. The molecule has 7 heavy (non-hydrogen) atoms. The molecule has 0 unspecified atom stereocenters. The van der Waals surface area contributed by atoms with Gasteiger partial charge in [-0.1, -0.05) is 6.42 Å². The van der Waals surface area contributed by atoms with E-state index in [0.717, 1.165) is 0 Å². The van der Waals surface area contributed by atoms with Gasteiger partial charge in [-0.15, -0.1) is 0 Å². The van der Waals surface area contributed by atoms with Crippen LogP contribution in [0.15, 0.2) is 0 Å². The molecule has 0 aliphatic carbocycles. The topological polar surface area (TPSA) is 37.3 Å². The summed E-state index contributed by atoms with van der Waals surface area (Å²) in [6.45, 7) is 3.09. The zero-order valence-corrected chi connectivity index (χ0v) is 7.19. The fourth-order valence-corrected chi connectivity index (χ4v) is 0. The molecule has 41 valence electrons. The molecule has 0 atom stereocenters. The van der Waals surface area contributed by atoms with Crippen LogP contribution >= 0.6 is 0 Å². The van der Waals surface area contributed by atoms with E-state index >= 15 is 0 Å². The van der Waals surface area contributed by atoms with Crippen molar-refractivity contribution < 1.29 is 42.6 Å². The second-order valence-corrected chi connectivity index (χ2v) is 0.644. The third-order valence-electron chi connectivity index (χ3n) is 0.214. The van der Waals surface area contributed by atoms with Crippen molar-refractivity contribution in [3.05, 3.63) is 14.4 Å². The summed E-state index contributed by atoms with van der Waals surface area (Å²) in [6.07, 6.45) is -0.0278. The van der Waals surface area contributed by atoms with Crippen molar-refractivity contribution >= 4 is 5.97 Å².